The minimum atomic E-state index is -0.00210. The zero-order chi connectivity index (χ0) is 10.5. The van der Waals surface area contributed by atoms with Gasteiger partial charge in [-0.3, -0.25) is 0 Å². The van der Waals surface area contributed by atoms with Crippen LogP contribution in [0.4, 0.5) is 0 Å². The Balaban J connectivity index is 1.81. The zero-order valence-electron chi connectivity index (χ0n) is 8.62. The minimum Gasteiger partial charge on any atom is -0.353 e. The van der Waals surface area contributed by atoms with Crippen molar-refractivity contribution < 1.29 is 9.47 Å². The van der Waals surface area contributed by atoms with Gasteiger partial charge < -0.3 is 9.47 Å². The van der Waals surface area contributed by atoms with E-state index in [1.54, 1.807) is 0 Å². The molecule has 0 aromatic heterocycles. The van der Waals surface area contributed by atoms with Gasteiger partial charge in [0.2, 0.25) is 0 Å². The van der Waals surface area contributed by atoms with Crippen LogP contribution in [-0.2, 0) is 16.1 Å². The summed E-state index contributed by atoms with van der Waals surface area (Å²) in [5.41, 5.74) is 1.18. The van der Waals surface area contributed by atoms with Crippen molar-refractivity contribution in [2.75, 3.05) is 6.61 Å². The average molecular weight is 271 g/mol. The van der Waals surface area contributed by atoms with E-state index in [4.69, 9.17) is 9.47 Å². The molecule has 1 heterocycles. The molecule has 1 aliphatic heterocycles. The fourth-order valence-corrected chi connectivity index (χ4v) is 2.11. The van der Waals surface area contributed by atoms with Crippen molar-refractivity contribution in [2.45, 2.75) is 32.2 Å². The number of halogens is 1. The average Bonchev–Trinajstić information content (AvgIpc) is 2.28. The van der Waals surface area contributed by atoms with Crippen LogP contribution in [0, 0.1) is 0 Å². The van der Waals surface area contributed by atoms with E-state index in [0.717, 1.165) is 23.9 Å². The van der Waals surface area contributed by atoms with E-state index in [0.29, 0.717) is 6.61 Å². The van der Waals surface area contributed by atoms with E-state index in [9.17, 15) is 0 Å². The first-order valence-corrected chi connectivity index (χ1v) is 6.11. The van der Waals surface area contributed by atoms with Gasteiger partial charge in [0.25, 0.3) is 0 Å². The van der Waals surface area contributed by atoms with Crippen LogP contribution in [0.1, 0.15) is 24.8 Å². The molecule has 2 rings (SSSR count). The van der Waals surface area contributed by atoms with Crippen molar-refractivity contribution in [1.82, 2.24) is 0 Å². The van der Waals surface area contributed by atoms with Crippen molar-refractivity contribution in [3.63, 3.8) is 0 Å². The molecular formula is C12H15BrO2. The molecule has 82 valence electrons. The lowest BCUT2D eigenvalue weighted by Gasteiger charge is -2.22. The summed E-state index contributed by atoms with van der Waals surface area (Å²) in [5, 5.41) is 0. The molecule has 0 aliphatic carbocycles. The predicted molar refractivity (Wildman–Crippen MR) is 62.5 cm³/mol. The Bertz CT molecular complexity index is 308. The normalized spacial score (nSPS) is 21.5. The fraction of sp³-hybridized carbons (Fsp3) is 0.500. The third kappa shape index (κ3) is 3.59. The van der Waals surface area contributed by atoms with Crippen LogP contribution >= 0.6 is 15.9 Å². The zero-order valence-corrected chi connectivity index (χ0v) is 10.2. The van der Waals surface area contributed by atoms with E-state index < -0.39 is 0 Å². The van der Waals surface area contributed by atoms with Gasteiger partial charge in [-0.2, -0.15) is 0 Å². The number of rotatable bonds is 3. The second kappa shape index (κ2) is 5.64. The molecule has 1 saturated heterocycles. The quantitative estimate of drug-likeness (QED) is 0.837. The highest BCUT2D eigenvalue weighted by Gasteiger charge is 2.13. The summed E-state index contributed by atoms with van der Waals surface area (Å²) < 4.78 is 12.3. The van der Waals surface area contributed by atoms with Crippen molar-refractivity contribution in [3.8, 4) is 0 Å². The minimum absolute atomic E-state index is 0.00210. The predicted octanol–water partition coefficient (Wildman–Crippen LogP) is 3.49. The first-order valence-electron chi connectivity index (χ1n) is 5.32. The summed E-state index contributed by atoms with van der Waals surface area (Å²) in [4.78, 5) is 0. The third-order valence-corrected chi connectivity index (χ3v) is 2.96. The maximum absolute atomic E-state index is 5.68. The Labute approximate surface area is 98.7 Å². The van der Waals surface area contributed by atoms with Gasteiger partial charge >= 0.3 is 0 Å². The van der Waals surface area contributed by atoms with Gasteiger partial charge in [-0.25, -0.2) is 0 Å². The first-order chi connectivity index (χ1) is 7.34. The fourth-order valence-electron chi connectivity index (χ4n) is 1.66. The molecule has 0 radical (unpaired) electrons. The molecule has 0 amide bonds. The molecule has 1 aromatic carbocycles. The second-order valence-corrected chi connectivity index (χ2v) is 4.65. The Morgan fingerprint density at radius 2 is 2.33 bits per heavy atom. The Hall–Kier alpha value is -0.380. The smallest absolute Gasteiger partial charge is 0.158 e. The van der Waals surface area contributed by atoms with Gasteiger partial charge in [-0.15, -0.1) is 0 Å². The molecule has 3 heteroatoms. The lowest BCUT2D eigenvalue weighted by Crippen LogP contribution is -2.21. The summed E-state index contributed by atoms with van der Waals surface area (Å²) in [6.07, 6.45) is 3.39. The molecule has 0 bridgehead atoms. The van der Waals surface area contributed by atoms with Gasteiger partial charge in [-0.1, -0.05) is 28.1 Å². The molecule has 15 heavy (non-hydrogen) atoms. The van der Waals surface area contributed by atoms with Gasteiger partial charge in [0, 0.05) is 11.1 Å². The standard InChI is InChI=1S/C12H15BrO2/c13-11-5-3-4-10(8-11)9-15-12-6-1-2-7-14-12/h3-5,8,12H,1-2,6-7,9H2/t12-/m1/s1. The molecule has 1 aliphatic rings. The van der Waals surface area contributed by atoms with Crippen molar-refractivity contribution in [2.24, 2.45) is 0 Å². The highest BCUT2D eigenvalue weighted by molar-refractivity contribution is 9.10. The maximum atomic E-state index is 5.68. The van der Waals surface area contributed by atoms with Crippen LogP contribution in [0.3, 0.4) is 0 Å². The summed E-state index contributed by atoms with van der Waals surface area (Å²) in [7, 11) is 0. The SMILES string of the molecule is Brc1cccc(CO[C@@H]2CCCCO2)c1. The molecule has 0 unspecified atom stereocenters. The van der Waals surface area contributed by atoms with Crippen molar-refractivity contribution in [3.05, 3.63) is 34.3 Å². The van der Waals surface area contributed by atoms with E-state index in [-0.39, 0.29) is 6.29 Å². The van der Waals surface area contributed by atoms with E-state index >= 15 is 0 Å². The third-order valence-electron chi connectivity index (χ3n) is 2.46. The van der Waals surface area contributed by atoms with Crippen LogP contribution in [0.5, 0.6) is 0 Å². The lowest BCUT2D eigenvalue weighted by atomic mass is 10.2. The highest BCUT2D eigenvalue weighted by Crippen LogP contribution is 2.17. The molecule has 0 N–H and O–H groups in total. The van der Waals surface area contributed by atoms with Crippen LogP contribution in [0.25, 0.3) is 0 Å². The molecular weight excluding hydrogens is 256 g/mol. The summed E-state index contributed by atoms with van der Waals surface area (Å²) in [6.45, 7) is 1.47. The van der Waals surface area contributed by atoms with Crippen LogP contribution in [-0.4, -0.2) is 12.9 Å². The Morgan fingerprint density at radius 1 is 1.40 bits per heavy atom. The maximum Gasteiger partial charge on any atom is 0.158 e. The number of ether oxygens (including phenoxy) is 2. The van der Waals surface area contributed by atoms with Gasteiger partial charge in [0.15, 0.2) is 6.29 Å². The van der Waals surface area contributed by atoms with Gasteiger partial charge in [-0.05, 0) is 37.0 Å². The lowest BCUT2D eigenvalue weighted by molar-refractivity contribution is -0.168. The van der Waals surface area contributed by atoms with Crippen molar-refractivity contribution in [1.29, 1.82) is 0 Å². The summed E-state index contributed by atoms with van der Waals surface area (Å²) in [6, 6.07) is 8.17. The monoisotopic (exact) mass is 270 g/mol. The molecule has 0 saturated carbocycles. The summed E-state index contributed by atoms with van der Waals surface area (Å²) >= 11 is 3.44. The first kappa shape index (κ1) is 11.1. The van der Waals surface area contributed by atoms with Crippen LogP contribution < -0.4 is 0 Å². The molecule has 1 aromatic rings. The van der Waals surface area contributed by atoms with E-state index in [2.05, 4.69) is 28.1 Å². The van der Waals surface area contributed by atoms with Crippen LogP contribution in [0.2, 0.25) is 0 Å². The van der Waals surface area contributed by atoms with Crippen molar-refractivity contribution >= 4 is 15.9 Å². The second-order valence-electron chi connectivity index (χ2n) is 3.74. The van der Waals surface area contributed by atoms with E-state index in [1.807, 2.05) is 12.1 Å². The number of benzene rings is 1. The molecule has 1 atom stereocenters. The molecule has 0 spiro atoms. The van der Waals surface area contributed by atoms with Gasteiger partial charge in [0.05, 0.1) is 6.61 Å². The Morgan fingerprint density at radius 3 is 3.07 bits per heavy atom. The van der Waals surface area contributed by atoms with E-state index in [1.165, 1.54) is 12.0 Å². The molecule has 1 fully saturated rings. The topological polar surface area (TPSA) is 18.5 Å². The van der Waals surface area contributed by atoms with Gasteiger partial charge in [0.1, 0.15) is 0 Å². The Kier molecular flexibility index (Phi) is 4.18. The number of hydrogen-bond acceptors (Lipinski definition) is 2. The molecule has 2 nitrogen and oxygen atoms in total. The number of hydrogen-bond donors (Lipinski definition) is 0. The van der Waals surface area contributed by atoms with Crippen LogP contribution in [0.15, 0.2) is 28.7 Å². The summed E-state index contributed by atoms with van der Waals surface area (Å²) in [5.74, 6) is 0. The highest BCUT2D eigenvalue weighted by atomic mass is 79.9. The largest absolute Gasteiger partial charge is 0.353 e.